The van der Waals surface area contributed by atoms with E-state index in [1.807, 2.05) is 0 Å². The quantitative estimate of drug-likeness (QED) is 0.656. The van der Waals surface area contributed by atoms with E-state index in [2.05, 4.69) is 19.4 Å². The molecule has 0 aromatic carbocycles. The molecular formula is C22H25FO2. The SMILES string of the molecule is C=C1C[C@@H]2[C@H](CC[C@]3(C)C(=O)CC[C@@H]23)[C@@]2(CC#CF)CCC(=O)C=C12. The Morgan fingerprint density at radius 3 is 2.80 bits per heavy atom. The van der Waals surface area contributed by atoms with Crippen molar-refractivity contribution in [3.05, 3.63) is 23.8 Å². The summed E-state index contributed by atoms with van der Waals surface area (Å²) >= 11 is 0. The Morgan fingerprint density at radius 1 is 1.24 bits per heavy atom. The molecule has 25 heavy (non-hydrogen) atoms. The molecule has 4 aliphatic rings. The van der Waals surface area contributed by atoms with Crippen molar-refractivity contribution in [3.63, 3.8) is 0 Å². The Kier molecular flexibility index (Phi) is 3.79. The minimum atomic E-state index is -0.250. The maximum Gasteiger partial charge on any atom is 0.156 e. The molecule has 5 atom stereocenters. The summed E-state index contributed by atoms with van der Waals surface area (Å²) in [4.78, 5) is 24.6. The first-order valence-electron chi connectivity index (χ1n) is 9.47. The van der Waals surface area contributed by atoms with Crippen LogP contribution in [0.1, 0.15) is 58.3 Å². The number of fused-ring (bicyclic) bond motifs is 5. The predicted molar refractivity (Wildman–Crippen MR) is 94.1 cm³/mol. The van der Waals surface area contributed by atoms with Crippen molar-refractivity contribution >= 4 is 11.6 Å². The van der Waals surface area contributed by atoms with Crippen LogP contribution in [0.4, 0.5) is 4.39 Å². The van der Waals surface area contributed by atoms with Crippen molar-refractivity contribution in [2.75, 3.05) is 0 Å². The normalized spacial score (nSPS) is 42.7. The van der Waals surface area contributed by atoms with Crippen molar-refractivity contribution in [1.82, 2.24) is 0 Å². The molecule has 0 saturated heterocycles. The average molecular weight is 340 g/mol. The van der Waals surface area contributed by atoms with Gasteiger partial charge in [0.1, 0.15) is 12.0 Å². The highest BCUT2D eigenvalue weighted by molar-refractivity contribution is 5.93. The van der Waals surface area contributed by atoms with Gasteiger partial charge in [-0.05, 0) is 61.5 Å². The monoisotopic (exact) mass is 340 g/mol. The van der Waals surface area contributed by atoms with E-state index < -0.39 is 0 Å². The zero-order chi connectivity index (χ0) is 17.8. The molecule has 2 nitrogen and oxygen atoms in total. The molecule has 3 fully saturated rings. The summed E-state index contributed by atoms with van der Waals surface area (Å²) in [5, 5.41) is 0. The summed E-state index contributed by atoms with van der Waals surface area (Å²) in [7, 11) is 0. The maximum atomic E-state index is 12.7. The standard InChI is InChI=1S/C22H25FO2/c1-14-12-16-17-4-5-20(25)21(17,2)9-7-18(16)22(8-3-11-23)10-6-15(24)13-19(14)22/h13,16-18H,1,4-10,12H2,2H3/t16-,17-,18-,21-,22+/m0/s1. The van der Waals surface area contributed by atoms with Gasteiger partial charge in [0.25, 0.3) is 0 Å². The number of hydrogen-bond acceptors (Lipinski definition) is 2. The Hall–Kier alpha value is -1.69. The van der Waals surface area contributed by atoms with Gasteiger partial charge < -0.3 is 0 Å². The molecule has 0 aromatic heterocycles. The van der Waals surface area contributed by atoms with E-state index in [0.717, 1.165) is 43.3 Å². The summed E-state index contributed by atoms with van der Waals surface area (Å²) in [6.45, 7) is 6.43. The molecule has 0 aliphatic heterocycles. The first kappa shape index (κ1) is 16.8. The van der Waals surface area contributed by atoms with Gasteiger partial charge in [-0.2, -0.15) is 0 Å². The van der Waals surface area contributed by atoms with E-state index in [1.54, 1.807) is 12.3 Å². The van der Waals surface area contributed by atoms with Gasteiger partial charge in [0.2, 0.25) is 0 Å². The van der Waals surface area contributed by atoms with E-state index in [1.165, 1.54) is 0 Å². The number of Topliss-reactive ketones (excluding diaryl/α,β-unsaturated/α-hetero) is 1. The zero-order valence-corrected chi connectivity index (χ0v) is 14.9. The Morgan fingerprint density at radius 2 is 2.04 bits per heavy atom. The molecule has 0 heterocycles. The number of allylic oxidation sites excluding steroid dienone is 2. The van der Waals surface area contributed by atoms with Crippen molar-refractivity contribution in [3.8, 4) is 12.1 Å². The van der Waals surface area contributed by atoms with Crippen molar-refractivity contribution < 1.29 is 14.0 Å². The lowest BCUT2D eigenvalue weighted by atomic mass is 9.45. The Labute approximate surface area is 148 Å². The van der Waals surface area contributed by atoms with Crippen LogP contribution >= 0.6 is 0 Å². The lowest BCUT2D eigenvalue weighted by Gasteiger charge is -2.58. The summed E-state index contributed by atoms with van der Waals surface area (Å²) in [6.07, 6.45) is 9.45. The van der Waals surface area contributed by atoms with Gasteiger partial charge in [0, 0.05) is 30.1 Å². The Bertz CT molecular complexity index is 752. The maximum absolute atomic E-state index is 12.7. The summed E-state index contributed by atoms with van der Waals surface area (Å²) < 4.78 is 12.7. The number of halogens is 1. The third kappa shape index (κ3) is 2.23. The van der Waals surface area contributed by atoms with Crippen molar-refractivity contribution in [2.45, 2.75) is 58.3 Å². The lowest BCUT2D eigenvalue weighted by molar-refractivity contribution is -0.132. The first-order chi connectivity index (χ1) is 11.9. The second-order valence-corrected chi connectivity index (χ2v) is 8.73. The topological polar surface area (TPSA) is 34.1 Å². The molecule has 4 rings (SSSR count). The predicted octanol–water partition coefficient (Wildman–Crippen LogP) is 4.55. The number of rotatable bonds is 1. The highest BCUT2D eigenvalue weighted by Gasteiger charge is 2.60. The van der Waals surface area contributed by atoms with Crippen LogP contribution < -0.4 is 0 Å². The molecule has 132 valence electrons. The zero-order valence-electron chi connectivity index (χ0n) is 14.9. The van der Waals surface area contributed by atoms with Crippen molar-refractivity contribution in [1.29, 1.82) is 0 Å². The molecule has 0 unspecified atom stereocenters. The summed E-state index contributed by atoms with van der Waals surface area (Å²) in [5.74, 6) is 4.42. The molecule has 4 aliphatic carbocycles. The van der Waals surface area contributed by atoms with Crippen LogP contribution in [-0.2, 0) is 9.59 Å². The highest BCUT2D eigenvalue weighted by atomic mass is 19.1. The van der Waals surface area contributed by atoms with Crippen LogP contribution in [0.15, 0.2) is 23.8 Å². The fourth-order valence-corrected chi connectivity index (χ4v) is 6.63. The highest BCUT2D eigenvalue weighted by Crippen LogP contribution is 2.66. The van der Waals surface area contributed by atoms with Gasteiger partial charge in [-0.15, -0.1) is 4.39 Å². The fourth-order valence-electron chi connectivity index (χ4n) is 6.63. The smallest absolute Gasteiger partial charge is 0.156 e. The van der Waals surface area contributed by atoms with Gasteiger partial charge in [-0.3, -0.25) is 9.59 Å². The largest absolute Gasteiger partial charge is 0.299 e. The molecule has 0 N–H and O–H groups in total. The molecule has 0 radical (unpaired) electrons. The number of ketones is 2. The van der Waals surface area contributed by atoms with Crippen molar-refractivity contribution in [2.24, 2.45) is 28.6 Å². The molecule has 0 spiro atoms. The minimum Gasteiger partial charge on any atom is -0.299 e. The first-order valence-corrected chi connectivity index (χ1v) is 9.47. The van der Waals surface area contributed by atoms with E-state index >= 15 is 0 Å². The molecule has 3 saturated carbocycles. The van der Waals surface area contributed by atoms with E-state index in [0.29, 0.717) is 42.8 Å². The molecule has 3 heteroatoms. The van der Waals surface area contributed by atoms with Gasteiger partial charge in [0.15, 0.2) is 5.78 Å². The molecule has 0 amide bonds. The Balaban J connectivity index is 1.80. The van der Waals surface area contributed by atoms with Crippen LogP contribution in [0.5, 0.6) is 0 Å². The van der Waals surface area contributed by atoms with E-state index in [9.17, 15) is 14.0 Å². The second kappa shape index (κ2) is 5.66. The van der Waals surface area contributed by atoms with Crippen LogP contribution in [0.3, 0.4) is 0 Å². The van der Waals surface area contributed by atoms with Gasteiger partial charge in [-0.25, -0.2) is 0 Å². The molecular weight excluding hydrogens is 315 g/mol. The molecule has 0 aromatic rings. The minimum absolute atomic E-state index is 0.148. The lowest BCUT2D eigenvalue weighted by Crippen LogP contribution is -2.52. The number of hydrogen-bond donors (Lipinski definition) is 0. The third-order valence-corrected chi connectivity index (χ3v) is 7.85. The number of carbonyl (C=O) groups is 2. The fraction of sp³-hybridized carbons (Fsp3) is 0.636. The third-order valence-electron chi connectivity index (χ3n) is 7.85. The van der Waals surface area contributed by atoms with Gasteiger partial charge in [0.05, 0.1) is 0 Å². The van der Waals surface area contributed by atoms with Crippen LogP contribution in [0, 0.1) is 40.7 Å². The van der Waals surface area contributed by atoms with Crippen LogP contribution in [0.25, 0.3) is 0 Å². The summed E-state index contributed by atoms with van der Waals surface area (Å²) in [6, 6.07) is 0. The van der Waals surface area contributed by atoms with Crippen LogP contribution in [0.2, 0.25) is 0 Å². The van der Waals surface area contributed by atoms with E-state index in [4.69, 9.17) is 0 Å². The van der Waals surface area contributed by atoms with Gasteiger partial charge >= 0.3 is 0 Å². The molecule has 0 bridgehead atoms. The number of carbonyl (C=O) groups excluding carboxylic acids is 2. The average Bonchev–Trinajstić information content (AvgIpc) is 2.90. The van der Waals surface area contributed by atoms with E-state index in [-0.39, 0.29) is 16.6 Å². The summed E-state index contributed by atoms with van der Waals surface area (Å²) in [5.41, 5.74) is 1.60. The van der Waals surface area contributed by atoms with Crippen LogP contribution in [-0.4, -0.2) is 11.6 Å². The van der Waals surface area contributed by atoms with Gasteiger partial charge in [-0.1, -0.05) is 25.0 Å². The second-order valence-electron chi connectivity index (χ2n) is 8.73.